The minimum Gasteiger partial charge on any atom is -0.480 e. The van der Waals surface area contributed by atoms with E-state index in [1.54, 1.807) is 13.0 Å². The number of fused-ring (bicyclic) bond motifs is 1. The molecule has 20 heavy (non-hydrogen) atoms. The van der Waals surface area contributed by atoms with Crippen molar-refractivity contribution in [2.45, 2.75) is 32.7 Å². The van der Waals surface area contributed by atoms with Crippen molar-refractivity contribution < 1.29 is 19.2 Å². The molecule has 2 aromatic rings. The number of rotatable bonds is 5. The fourth-order valence-electron chi connectivity index (χ4n) is 1.86. The van der Waals surface area contributed by atoms with E-state index >= 15 is 0 Å². The molecule has 0 fully saturated rings. The SMILES string of the molecule is CCC[C@H](NC(=O)c1cnc2onc(C)c2c1)C(=O)O. The molecule has 7 nitrogen and oxygen atoms in total. The van der Waals surface area contributed by atoms with Gasteiger partial charge in [0.05, 0.1) is 16.6 Å². The zero-order chi connectivity index (χ0) is 14.7. The second-order valence-electron chi connectivity index (χ2n) is 4.50. The molecule has 1 amide bonds. The van der Waals surface area contributed by atoms with E-state index in [1.165, 1.54) is 6.20 Å². The van der Waals surface area contributed by atoms with Crippen LogP contribution in [-0.2, 0) is 4.79 Å². The normalized spacial score (nSPS) is 12.3. The largest absolute Gasteiger partial charge is 0.480 e. The maximum atomic E-state index is 12.0. The highest BCUT2D eigenvalue weighted by Crippen LogP contribution is 2.16. The van der Waals surface area contributed by atoms with Crippen molar-refractivity contribution in [3.05, 3.63) is 23.5 Å². The quantitative estimate of drug-likeness (QED) is 0.858. The smallest absolute Gasteiger partial charge is 0.326 e. The number of amides is 1. The fraction of sp³-hybridized carbons (Fsp3) is 0.385. The molecular formula is C13H15N3O4. The lowest BCUT2D eigenvalue weighted by Crippen LogP contribution is -2.40. The molecule has 1 atom stereocenters. The molecule has 0 aliphatic rings. The summed E-state index contributed by atoms with van der Waals surface area (Å²) in [6.07, 6.45) is 2.38. The summed E-state index contributed by atoms with van der Waals surface area (Å²) in [6.45, 7) is 3.60. The van der Waals surface area contributed by atoms with Crippen LogP contribution in [0.2, 0.25) is 0 Å². The summed E-state index contributed by atoms with van der Waals surface area (Å²) in [5.74, 6) is -1.52. The van der Waals surface area contributed by atoms with Gasteiger partial charge in [-0.2, -0.15) is 0 Å². The number of nitrogens with zero attached hydrogens (tertiary/aromatic N) is 2. The lowest BCUT2D eigenvalue weighted by atomic mass is 10.1. The Morgan fingerprint density at radius 3 is 2.90 bits per heavy atom. The number of pyridine rings is 1. The molecule has 0 saturated heterocycles. The Kier molecular flexibility index (Phi) is 3.97. The summed E-state index contributed by atoms with van der Waals surface area (Å²) in [7, 11) is 0. The number of aryl methyl sites for hydroxylation is 1. The highest BCUT2D eigenvalue weighted by molar-refractivity contribution is 5.98. The summed E-state index contributed by atoms with van der Waals surface area (Å²) in [5.41, 5.74) is 1.26. The number of hydrogen-bond acceptors (Lipinski definition) is 5. The van der Waals surface area contributed by atoms with Crippen molar-refractivity contribution in [3.63, 3.8) is 0 Å². The molecule has 0 bridgehead atoms. The first-order valence-corrected chi connectivity index (χ1v) is 6.28. The van der Waals surface area contributed by atoms with Crippen molar-refractivity contribution in [2.75, 3.05) is 0 Å². The first-order chi connectivity index (χ1) is 9.52. The standard InChI is InChI=1S/C13H15N3O4/c1-3-4-10(13(18)19)15-11(17)8-5-9-7(2)16-20-12(9)14-6-8/h5-6,10H,3-4H2,1-2H3,(H,15,17)(H,18,19)/t10-/m0/s1. The maximum Gasteiger partial charge on any atom is 0.326 e. The van der Waals surface area contributed by atoms with Gasteiger partial charge in [-0.15, -0.1) is 0 Å². The summed E-state index contributed by atoms with van der Waals surface area (Å²) in [4.78, 5) is 27.1. The van der Waals surface area contributed by atoms with Crippen molar-refractivity contribution in [3.8, 4) is 0 Å². The van der Waals surface area contributed by atoms with E-state index in [4.69, 9.17) is 9.63 Å². The first kappa shape index (κ1) is 14.0. The number of aliphatic carboxylic acids is 1. The molecule has 2 heterocycles. The van der Waals surface area contributed by atoms with E-state index in [2.05, 4.69) is 15.5 Å². The number of carbonyl (C=O) groups excluding carboxylic acids is 1. The van der Waals surface area contributed by atoms with Crippen LogP contribution in [0.25, 0.3) is 11.1 Å². The third-order valence-corrected chi connectivity index (χ3v) is 2.95. The van der Waals surface area contributed by atoms with E-state index in [0.717, 1.165) is 0 Å². The van der Waals surface area contributed by atoms with Gasteiger partial charge >= 0.3 is 5.97 Å². The lowest BCUT2D eigenvalue weighted by Gasteiger charge is -2.13. The van der Waals surface area contributed by atoms with E-state index in [-0.39, 0.29) is 5.56 Å². The Morgan fingerprint density at radius 1 is 1.50 bits per heavy atom. The highest BCUT2D eigenvalue weighted by atomic mass is 16.5. The fourth-order valence-corrected chi connectivity index (χ4v) is 1.86. The zero-order valence-electron chi connectivity index (χ0n) is 11.2. The third-order valence-electron chi connectivity index (χ3n) is 2.95. The Morgan fingerprint density at radius 2 is 2.25 bits per heavy atom. The van der Waals surface area contributed by atoms with Crippen LogP contribution >= 0.6 is 0 Å². The van der Waals surface area contributed by atoms with E-state index < -0.39 is 17.9 Å². The molecule has 2 aromatic heterocycles. The van der Waals surface area contributed by atoms with Crippen LogP contribution < -0.4 is 5.32 Å². The second kappa shape index (κ2) is 5.68. The van der Waals surface area contributed by atoms with Gasteiger partial charge in [0.2, 0.25) is 0 Å². The molecule has 0 radical (unpaired) electrons. The lowest BCUT2D eigenvalue weighted by molar-refractivity contribution is -0.139. The summed E-state index contributed by atoms with van der Waals surface area (Å²) in [5, 5.41) is 15.9. The Bertz CT molecular complexity index is 650. The maximum absolute atomic E-state index is 12.0. The Labute approximate surface area is 115 Å². The van der Waals surface area contributed by atoms with Crippen LogP contribution in [0.5, 0.6) is 0 Å². The average molecular weight is 277 g/mol. The van der Waals surface area contributed by atoms with E-state index in [0.29, 0.717) is 29.6 Å². The summed E-state index contributed by atoms with van der Waals surface area (Å²) >= 11 is 0. The number of nitrogens with one attached hydrogen (secondary N) is 1. The van der Waals surface area contributed by atoms with Gasteiger partial charge < -0.3 is 14.9 Å². The van der Waals surface area contributed by atoms with Gasteiger partial charge in [-0.05, 0) is 19.4 Å². The van der Waals surface area contributed by atoms with Gasteiger partial charge in [-0.1, -0.05) is 18.5 Å². The Balaban J connectivity index is 2.22. The third kappa shape index (κ3) is 2.76. The first-order valence-electron chi connectivity index (χ1n) is 6.28. The van der Waals surface area contributed by atoms with E-state index in [1.807, 2.05) is 6.92 Å². The molecule has 2 rings (SSSR count). The van der Waals surface area contributed by atoms with Gasteiger partial charge in [-0.25, -0.2) is 9.78 Å². The van der Waals surface area contributed by atoms with Gasteiger partial charge in [0.25, 0.3) is 11.6 Å². The number of carbonyl (C=O) groups is 2. The second-order valence-corrected chi connectivity index (χ2v) is 4.50. The molecule has 0 aromatic carbocycles. The van der Waals surface area contributed by atoms with Gasteiger partial charge in [0.1, 0.15) is 6.04 Å². The Hall–Kier alpha value is -2.44. The number of hydrogen-bond donors (Lipinski definition) is 2. The zero-order valence-corrected chi connectivity index (χ0v) is 11.2. The molecule has 0 aliphatic heterocycles. The number of carboxylic acids is 1. The minimum atomic E-state index is -1.05. The minimum absolute atomic E-state index is 0.283. The van der Waals surface area contributed by atoms with Crippen LogP contribution in [0.4, 0.5) is 0 Å². The van der Waals surface area contributed by atoms with Crippen LogP contribution in [0, 0.1) is 6.92 Å². The van der Waals surface area contributed by atoms with Crippen LogP contribution in [0.15, 0.2) is 16.8 Å². The number of aromatic nitrogens is 2. The summed E-state index contributed by atoms with van der Waals surface area (Å²) < 4.78 is 4.95. The topological polar surface area (TPSA) is 105 Å². The van der Waals surface area contributed by atoms with Crippen molar-refractivity contribution in [1.29, 1.82) is 0 Å². The predicted octanol–water partition coefficient (Wildman–Crippen LogP) is 1.51. The van der Waals surface area contributed by atoms with Crippen LogP contribution in [0.1, 0.15) is 35.8 Å². The number of carboxylic acid groups (broad SMARTS) is 1. The molecular weight excluding hydrogens is 262 g/mol. The van der Waals surface area contributed by atoms with Gasteiger partial charge in [0, 0.05) is 6.20 Å². The van der Waals surface area contributed by atoms with Gasteiger partial charge in [-0.3, -0.25) is 4.79 Å². The highest BCUT2D eigenvalue weighted by Gasteiger charge is 2.20. The van der Waals surface area contributed by atoms with Crippen molar-refractivity contribution in [1.82, 2.24) is 15.5 Å². The average Bonchev–Trinajstić information content (AvgIpc) is 2.79. The molecule has 0 saturated carbocycles. The van der Waals surface area contributed by atoms with Crippen molar-refractivity contribution in [2.24, 2.45) is 0 Å². The molecule has 0 unspecified atom stereocenters. The molecule has 2 N–H and O–H groups in total. The molecule has 7 heteroatoms. The van der Waals surface area contributed by atoms with Crippen molar-refractivity contribution >= 4 is 23.0 Å². The predicted molar refractivity (Wildman–Crippen MR) is 70.3 cm³/mol. The van der Waals surface area contributed by atoms with Crippen LogP contribution in [0.3, 0.4) is 0 Å². The van der Waals surface area contributed by atoms with Gasteiger partial charge in [0.15, 0.2) is 0 Å². The van der Waals surface area contributed by atoms with E-state index in [9.17, 15) is 9.59 Å². The molecule has 106 valence electrons. The molecule has 0 spiro atoms. The monoisotopic (exact) mass is 277 g/mol. The van der Waals surface area contributed by atoms with Crippen LogP contribution in [-0.4, -0.2) is 33.2 Å². The summed E-state index contributed by atoms with van der Waals surface area (Å²) in [6, 6.07) is 0.695. The molecule has 0 aliphatic carbocycles.